The molecule has 8 atom stereocenters. The van der Waals surface area contributed by atoms with Crippen molar-refractivity contribution in [2.75, 3.05) is 6.61 Å². The summed E-state index contributed by atoms with van der Waals surface area (Å²) in [5.41, 5.74) is 4.36. The van der Waals surface area contributed by atoms with Gasteiger partial charge in [-0.15, -0.1) is 0 Å². The van der Waals surface area contributed by atoms with E-state index in [1.54, 1.807) is 0 Å². The van der Waals surface area contributed by atoms with Crippen molar-refractivity contribution in [1.29, 1.82) is 5.26 Å². The van der Waals surface area contributed by atoms with Crippen molar-refractivity contribution in [3.8, 4) is 6.07 Å². The number of aliphatic hydroxyl groups is 4. The van der Waals surface area contributed by atoms with E-state index in [0.717, 1.165) is 38.5 Å². The number of nitriles is 1. The summed E-state index contributed by atoms with van der Waals surface area (Å²) in [6.45, 7) is 3.68. The number of fused-ring (bicyclic) bond motifs is 1. The average Bonchev–Trinajstić information content (AvgIpc) is 2.98. The largest absolute Gasteiger partial charge is 0.393 e. The monoisotopic (exact) mass is 408 g/mol. The molecule has 7 unspecified atom stereocenters. The summed E-state index contributed by atoms with van der Waals surface area (Å²) in [6, 6.07) is 2.05. The Morgan fingerprint density at radius 1 is 1.10 bits per heavy atom. The Morgan fingerprint density at radius 2 is 1.76 bits per heavy atom. The van der Waals surface area contributed by atoms with E-state index in [0.29, 0.717) is 18.8 Å². The van der Waals surface area contributed by atoms with Crippen molar-refractivity contribution in [2.24, 2.45) is 40.7 Å². The van der Waals surface area contributed by atoms with Gasteiger partial charge in [0.2, 0.25) is 0 Å². The summed E-state index contributed by atoms with van der Waals surface area (Å²) in [7, 11) is 0. The maximum atomic E-state index is 11.5. The molecule has 0 aromatic heterocycles. The summed E-state index contributed by atoms with van der Waals surface area (Å²) in [5, 5.41) is 53.0. The first-order valence-corrected chi connectivity index (χ1v) is 11.5. The van der Waals surface area contributed by atoms with Crippen LogP contribution in [-0.4, -0.2) is 50.9 Å². The van der Waals surface area contributed by atoms with Gasteiger partial charge < -0.3 is 26.2 Å². The molecule has 3 fully saturated rings. The normalized spacial score (nSPS) is 46.2. The van der Waals surface area contributed by atoms with E-state index in [9.17, 15) is 20.4 Å². The smallest absolute Gasteiger partial charge is 0.0944 e. The van der Waals surface area contributed by atoms with E-state index < -0.39 is 35.7 Å². The number of aliphatic hydroxyl groups excluding tert-OH is 3. The molecular weight excluding hydrogens is 368 g/mol. The van der Waals surface area contributed by atoms with Crippen molar-refractivity contribution in [1.82, 2.24) is 0 Å². The Bertz CT molecular complexity index is 602. The van der Waals surface area contributed by atoms with Gasteiger partial charge in [0, 0.05) is 23.3 Å². The number of nitrogens with two attached hydrogens (primary N) is 1. The standard InChI is InChI=1S/C23H40N2O4/c1-14-3-8-18(21(28)22(2)17(14)9-10-20(22)27)23(29,13-26)11-19(25)16-6-4-15(12-24)5-7-16/h14-21,26-29H,3-11,13,25H2,1-2H3/t14?,15?,16?,17?,18?,19?,20?,21-,22?,23?/m1/s1. The second-order valence-corrected chi connectivity index (χ2v) is 10.5. The molecule has 0 radical (unpaired) electrons. The van der Waals surface area contributed by atoms with Crippen molar-refractivity contribution < 1.29 is 20.4 Å². The molecule has 6 nitrogen and oxygen atoms in total. The maximum absolute atomic E-state index is 11.5. The molecule has 6 heteroatoms. The van der Waals surface area contributed by atoms with Crippen LogP contribution in [0.2, 0.25) is 0 Å². The van der Waals surface area contributed by atoms with E-state index >= 15 is 0 Å². The number of hydrogen-bond acceptors (Lipinski definition) is 6. The van der Waals surface area contributed by atoms with E-state index in [2.05, 4.69) is 13.0 Å². The van der Waals surface area contributed by atoms with Crippen LogP contribution in [0.1, 0.15) is 71.6 Å². The van der Waals surface area contributed by atoms with Crippen molar-refractivity contribution in [3.63, 3.8) is 0 Å². The van der Waals surface area contributed by atoms with Gasteiger partial charge in [0.1, 0.15) is 0 Å². The quantitative estimate of drug-likeness (QED) is 0.472. The first-order chi connectivity index (χ1) is 13.7. The van der Waals surface area contributed by atoms with Crippen molar-refractivity contribution >= 4 is 0 Å². The van der Waals surface area contributed by atoms with Gasteiger partial charge in [-0.3, -0.25) is 0 Å². The van der Waals surface area contributed by atoms with E-state index in [4.69, 9.17) is 11.0 Å². The Kier molecular flexibility index (Phi) is 6.97. The molecule has 0 bridgehead atoms. The van der Waals surface area contributed by atoms with Crippen LogP contribution in [0.15, 0.2) is 0 Å². The molecule has 166 valence electrons. The van der Waals surface area contributed by atoms with E-state index in [1.807, 2.05) is 6.92 Å². The van der Waals surface area contributed by atoms with Crippen LogP contribution in [0.25, 0.3) is 0 Å². The summed E-state index contributed by atoms with van der Waals surface area (Å²) < 4.78 is 0. The van der Waals surface area contributed by atoms with Gasteiger partial charge in [-0.1, -0.05) is 13.8 Å². The lowest BCUT2D eigenvalue weighted by Crippen LogP contribution is -2.57. The highest BCUT2D eigenvalue weighted by Gasteiger charge is 2.59. The average molecular weight is 409 g/mol. The zero-order valence-corrected chi connectivity index (χ0v) is 18.0. The summed E-state index contributed by atoms with van der Waals surface area (Å²) in [4.78, 5) is 0. The van der Waals surface area contributed by atoms with Crippen LogP contribution >= 0.6 is 0 Å². The second kappa shape index (κ2) is 8.80. The maximum Gasteiger partial charge on any atom is 0.0944 e. The predicted octanol–water partition coefficient (Wildman–Crippen LogP) is 1.94. The zero-order chi connectivity index (χ0) is 21.4. The van der Waals surface area contributed by atoms with Crippen molar-refractivity contribution in [2.45, 2.75) is 95.5 Å². The first-order valence-electron chi connectivity index (χ1n) is 11.5. The third kappa shape index (κ3) is 4.09. The summed E-state index contributed by atoms with van der Waals surface area (Å²) in [6.07, 6.45) is 5.20. The molecule has 29 heavy (non-hydrogen) atoms. The third-order valence-electron chi connectivity index (χ3n) is 9.02. The molecular formula is C23H40N2O4. The van der Waals surface area contributed by atoms with E-state index in [-0.39, 0.29) is 30.2 Å². The Hall–Kier alpha value is -0.710. The lowest BCUT2D eigenvalue weighted by molar-refractivity contribution is -0.160. The predicted molar refractivity (Wildman–Crippen MR) is 110 cm³/mol. The fourth-order valence-corrected chi connectivity index (χ4v) is 6.90. The highest BCUT2D eigenvalue weighted by molar-refractivity contribution is 5.09. The second-order valence-electron chi connectivity index (χ2n) is 10.5. The molecule has 0 aromatic carbocycles. The topological polar surface area (TPSA) is 131 Å². The van der Waals surface area contributed by atoms with Crippen LogP contribution < -0.4 is 5.73 Å². The first kappa shape index (κ1) is 23.0. The van der Waals surface area contributed by atoms with Gasteiger partial charge in [-0.2, -0.15) is 5.26 Å². The van der Waals surface area contributed by atoms with Crippen LogP contribution in [-0.2, 0) is 0 Å². The fraction of sp³-hybridized carbons (Fsp3) is 0.957. The van der Waals surface area contributed by atoms with Gasteiger partial charge in [-0.05, 0) is 75.5 Å². The molecule has 0 aromatic rings. The molecule has 6 N–H and O–H groups in total. The van der Waals surface area contributed by atoms with Crippen LogP contribution in [0, 0.1) is 46.3 Å². The highest BCUT2D eigenvalue weighted by atomic mass is 16.3. The Balaban J connectivity index is 1.77. The molecule has 0 aliphatic heterocycles. The molecule has 0 spiro atoms. The van der Waals surface area contributed by atoms with Crippen LogP contribution in [0.4, 0.5) is 0 Å². The minimum absolute atomic E-state index is 0.0982. The molecule has 0 saturated heterocycles. The molecule has 3 saturated carbocycles. The molecule has 0 heterocycles. The minimum Gasteiger partial charge on any atom is -0.393 e. The number of rotatable bonds is 5. The van der Waals surface area contributed by atoms with Crippen LogP contribution in [0.5, 0.6) is 0 Å². The molecule has 3 aliphatic rings. The zero-order valence-electron chi connectivity index (χ0n) is 18.0. The SMILES string of the molecule is CC1CCC(C(O)(CO)CC(N)C2CCC(C#N)CC2)[C@@H](O)C2(C)C(O)CCC12. The Labute approximate surface area is 175 Å². The number of hydrogen-bond donors (Lipinski definition) is 5. The van der Waals surface area contributed by atoms with Gasteiger partial charge in [-0.25, -0.2) is 0 Å². The van der Waals surface area contributed by atoms with E-state index in [1.165, 1.54) is 0 Å². The molecule has 0 amide bonds. The molecule has 3 rings (SSSR count). The third-order valence-corrected chi connectivity index (χ3v) is 9.02. The highest BCUT2D eigenvalue weighted by Crippen LogP contribution is 2.56. The van der Waals surface area contributed by atoms with Crippen molar-refractivity contribution in [3.05, 3.63) is 0 Å². The summed E-state index contributed by atoms with van der Waals surface area (Å²) >= 11 is 0. The Morgan fingerprint density at radius 3 is 2.34 bits per heavy atom. The molecule has 3 aliphatic carbocycles. The minimum atomic E-state index is -1.47. The lowest BCUT2D eigenvalue weighted by Gasteiger charge is -2.47. The summed E-state index contributed by atoms with van der Waals surface area (Å²) in [5.74, 6) is 0.380. The number of nitrogens with zero attached hydrogens (tertiary/aromatic N) is 1. The van der Waals surface area contributed by atoms with Gasteiger partial charge >= 0.3 is 0 Å². The lowest BCUT2D eigenvalue weighted by atomic mass is 9.64. The fourth-order valence-electron chi connectivity index (χ4n) is 6.90. The van der Waals surface area contributed by atoms with Gasteiger partial charge in [0.15, 0.2) is 0 Å². The van der Waals surface area contributed by atoms with Gasteiger partial charge in [0.05, 0.1) is 30.5 Å². The van der Waals surface area contributed by atoms with Gasteiger partial charge in [0.25, 0.3) is 0 Å². The van der Waals surface area contributed by atoms with Crippen LogP contribution in [0.3, 0.4) is 0 Å².